The van der Waals surface area contributed by atoms with Gasteiger partial charge in [0, 0.05) is 38.6 Å². The maximum absolute atomic E-state index is 12.2. The molecule has 0 saturated carbocycles. The second-order valence-electron chi connectivity index (χ2n) is 5.35. The van der Waals surface area contributed by atoms with Gasteiger partial charge in [0.25, 0.3) is 0 Å². The van der Waals surface area contributed by atoms with Crippen LogP contribution in [-0.4, -0.2) is 57.0 Å². The third kappa shape index (κ3) is 2.76. The molecular weight excluding hydrogens is 268 g/mol. The maximum Gasteiger partial charge on any atom is 0.244 e. The number of hydrogen-bond donors (Lipinski definition) is 1. The zero-order valence-corrected chi connectivity index (χ0v) is 12.4. The van der Waals surface area contributed by atoms with Crippen molar-refractivity contribution in [1.29, 1.82) is 0 Å². The molecular formula is C14H20N6O. The number of nitrogens with one attached hydrogen (secondary N) is 1. The molecule has 2 aromatic heterocycles. The molecule has 1 fully saturated rings. The highest BCUT2D eigenvalue weighted by Crippen LogP contribution is 2.23. The van der Waals surface area contributed by atoms with Gasteiger partial charge in [-0.1, -0.05) is 0 Å². The Hall–Kier alpha value is -2.31. The van der Waals surface area contributed by atoms with Gasteiger partial charge >= 0.3 is 0 Å². The van der Waals surface area contributed by atoms with Crippen molar-refractivity contribution in [3.05, 3.63) is 29.8 Å². The zero-order valence-electron chi connectivity index (χ0n) is 12.4. The normalized spacial score (nSPS) is 15.5. The summed E-state index contributed by atoms with van der Waals surface area (Å²) < 4.78 is 1.67. The molecule has 1 aliphatic rings. The van der Waals surface area contributed by atoms with Gasteiger partial charge in [-0.25, -0.2) is 0 Å². The lowest BCUT2D eigenvalue weighted by atomic mass is 10.2. The van der Waals surface area contributed by atoms with E-state index in [-0.39, 0.29) is 5.91 Å². The zero-order chi connectivity index (χ0) is 14.8. The first-order valence-corrected chi connectivity index (χ1v) is 7.17. The van der Waals surface area contributed by atoms with E-state index in [9.17, 15) is 4.79 Å². The molecule has 1 amide bonds. The molecule has 3 rings (SSSR count). The molecule has 0 atom stereocenters. The van der Waals surface area contributed by atoms with Crippen LogP contribution in [0.15, 0.2) is 18.5 Å². The molecule has 0 aromatic carbocycles. The Kier molecular flexibility index (Phi) is 3.64. The minimum atomic E-state index is 0.124. The van der Waals surface area contributed by atoms with Crippen LogP contribution in [0.4, 0.5) is 5.69 Å². The van der Waals surface area contributed by atoms with Crippen molar-refractivity contribution in [3.8, 4) is 0 Å². The number of nitrogens with zero attached hydrogens (tertiary/aromatic N) is 5. The summed E-state index contributed by atoms with van der Waals surface area (Å²) >= 11 is 0. The van der Waals surface area contributed by atoms with Gasteiger partial charge in [-0.3, -0.25) is 14.6 Å². The molecule has 0 unspecified atom stereocenters. The molecule has 2 aromatic rings. The number of aryl methyl sites for hydroxylation is 2. The van der Waals surface area contributed by atoms with Crippen LogP contribution in [0, 0.1) is 13.8 Å². The van der Waals surface area contributed by atoms with Gasteiger partial charge in [0.15, 0.2) is 0 Å². The average Bonchev–Trinajstić information content (AvgIpc) is 3.09. The molecule has 0 radical (unpaired) electrons. The van der Waals surface area contributed by atoms with E-state index in [0.29, 0.717) is 6.54 Å². The highest BCUT2D eigenvalue weighted by Gasteiger charge is 2.24. The van der Waals surface area contributed by atoms with Crippen molar-refractivity contribution in [2.75, 3.05) is 31.1 Å². The SMILES string of the molecule is Cc1n[nH]c(C)c1N1CCN(C(=O)Cn2cccn2)CC1. The van der Waals surface area contributed by atoms with Crippen LogP contribution in [0.5, 0.6) is 0 Å². The van der Waals surface area contributed by atoms with E-state index in [1.54, 1.807) is 10.9 Å². The highest BCUT2D eigenvalue weighted by atomic mass is 16.2. The monoisotopic (exact) mass is 288 g/mol. The van der Waals surface area contributed by atoms with E-state index < -0.39 is 0 Å². The van der Waals surface area contributed by atoms with Gasteiger partial charge < -0.3 is 9.80 Å². The van der Waals surface area contributed by atoms with E-state index in [2.05, 4.69) is 20.2 Å². The highest BCUT2D eigenvalue weighted by molar-refractivity contribution is 5.76. The number of carbonyl (C=O) groups excluding carboxylic acids is 1. The lowest BCUT2D eigenvalue weighted by Crippen LogP contribution is -2.49. The largest absolute Gasteiger partial charge is 0.365 e. The van der Waals surface area contributed by atoms with E-state index in [1.807, 2.05) is 31.0 Å². The average molecular weight is 288 g/mol. The molecule has 1 aliphatic heterocycles. The summed E-state index contributed by atoms with van der Waals surface area (Å²) in [6.45, 7) is 7.52. The first-order valence-electron chi connectivity index (χ1n) is 7.17. The molecule has 21 heavy (non-hydrogen) atoms. The van der Waals surface area contributed by atoms with Crippen molar-refractivity contribution in [1.82, 2.24) is 24.9 Å². The van der Waals surface area contributed by atoms with Crippen LogP contribution >= 0.6 is 0 Å². The van der Waals surface area contributed by atoms with Gasteiger partial charge in [0.05, 0.1) is 17.1 Å². The molecule has 7 nitrogen and oxygen atoms in total. The summed E-state index contributed by atoms with van der Waals surface area (Å²) in [6.07, 6.45) is 3.50. The van der Waals surface area contributed by atoms with Crippen LogP contribution in [0.1, 0.15) is 11.4 Å². The number of piperazine rings is 1. The summed E-state index contributed by atoms with van der Waals surface area (Å²) in [4.78, 5) is 16.4. The number of rotatable bonds is 3. The third-order valence-electron chi connectivity index (χ3n) is 3.89. The topological polar surface area (TPSA) is 70.1 Å². The standard InChI is InChI=1S/C14H20N6O/c1-11-14(12(2)17-16-11)19-8-6-18(7-9-19)13(21)10-20-5-3-4-15-20/h3-5H,6-10H2,1-2H3,(H,16,17). The molecule has 112 valence electrons. The van der Waals surface area contributed by atoms with E-state index >= 15 is 0 Å². The number of H-pyrrole nitrogens is 1. The van der Waals surface area contributed by atoms with Gasteiger partial charge in [-0.2, -0.15) is 10.2 Å². The van der Waals surface area contributed by atoms with Gasteiger partial charge in [-0.15, -0.1) is 0 Å². The smallest absolute Gasteiger partial charge is 0.244 e. The minimum Gasteiger partial charge on any atom is -0.365 e. The Morgan fingerprint density at radius 1 is 1.29 bits per heavy atom. The van der Waals surface area contributed by atoms with Crippen molar-refractivity contribution in [2.24, 2.45) is 0 Å². The fraction of sp³-hybridized carbons (Fsp3) is 0.500. The lowest BCUT2D eigenvalue weighted by Gasteiger charge is -2.36. The number of aromatic amines is 1. The fourth-order valence-electron chi connectivity index (χ4n) is 2.82. The summed E-state index contributed by atoms with van der Waals surface area (Å²) in [5, 5.41) is 11.3. The summed E-state index contributed by atoms with van der Waals surface area (Å²) in [5.74, 6) is 0.124. The Morgan fingerprint density at radius 2 is 2.05 bits per heavy atom. The molecule has 0 bridgehead atoms. The Balaban J connectivity index is 1.59. The van der Waals surface area contributed by atoms with Crippen molar-refractivity contribution in [3.63, 3.8) is 0 Å². The van der Waals surface area contributed by atoms with Crippen LogP contribution < -0.4 is 4.90 Å². The predicted octanol–water partition coefficient (Wildman–Crippen LogP) is 0.572. The molecule has 1 N–H and O–H groups in total. The summed E-state index contributed by atoms with van der Waals surface area (Å²) in [5.41, 5.74) is 3.28. The van der Waals surface area contributed by atoms with E-state index in [4.69, 9.17) is 0 Å². The number of aromatic nitrogens is 4. The second-order valence-corrected chi connectivity index (χ2v) is 5.35. The number of carbonyl (C=O) groups is 1. The van der Waals surface area contributed by atoms with Crippen molar-refractivity contribution < 1.29 is 4.79 Å². The quantitative estimate of drug-likeness (QED) is 0.896. The number of amides is 1. The molecule has 1 saturated heterocycles. The van der Waals surface area contributed by atoms with Crippen molar-refractivity contribution in [2.45, 2.75) is 20.4 Å². The second kappa shape index (κ2) is 5.59. The van der Waals surface area contributed by atoms with E-state index in [1.165, 1.54) is 5.69 Å². The van der Waals surface area contributed by atoms with Crippen LogP contribution in [-0.2, 0) is 11.3 Å². The first kappa shape index (κ1) is 13.7. The van der Waals surface area contributed by atoms with Crippen LogP contribution in [0.25, 0.3) is 0 Å². The van der Waals surface area contributed by atoms with Crippen LogP contribution in [0.2, 0.25) is 0 Å². The number of hydrogen-bond acceptors (Lipinski definition) is 4. The Labute approximate surface area is 123 Å². The summed E-state index contributed by atoms with van der Waals surface area (Å²) in [7, 11) is 0. The maximum atomic E-state index is 12.2. The molecule has 0 aliphatic carbocycles. The van der Waals surface area contributed by atoms with E-state index in [0.717, 1.165) is 37.6 Å². The fourth-order valence-corrected chi connectivity index (χ4v) is 2.82. The number of anilines is 1. The molecule has 7 heteroatoms. The van der Waals surface area contributed by atoms with Gasteiger partial charge in [0.2, 0.25) is 5.91 Å². The third-order valence-corrected chi connectivity index (χ3v) is 3.89. The lowest BCUT2D eigenvalue weighted by molar-refractivity contribution is -0.132. The summed E-state index contributed by atoms with van der Waals surface area (Å²) in [6, 6.07) is 1.83. The molecule has 0 spiro atoms. The molecule has 3 heterocycles. The Bertz CT molecular complexity index is 590. The minimum absolute atomic E-state index is 0.124. The van der Waals surface area contributed by atoms with Gasteiger partial charge in [0.1, 0.15) is 6.54 Å². The predicted molar refractivity (Wildman–Crippen MR) is 79.1 cm³/mol. The Morgan fingerprint density at radius 3 is 2.62 bits per heavy atom. The van der Waals surface area contributed by atoms with Crippen LogP contribution in [0.3, 0.4) is 0 Å². The van der Waals surface area contributed by atoms with Gasteiger partial charge in [-0.05, 0) is 19.9 Å². The first-order chi connectivity index (χ1) is 10.1. The van der Waals surface area contributed by atoms with Crippen molar-refractivity contribution >= 4 is 11.6 Å².